The first-order valence-electron chi connectivity index (χ1n) is 11.5. The molecule has 1 aromatic carbocycles. The molecule has 1 saturated carbocycles. The number of morpholine rings is 1. The SMILES string of the molecule is CC(C)(C)OC(=O)N1CCOC(C(=O)N(Cc2ccc3c(Cl)cn(CCN)c3c2)C2CC2)C1. The lowest BCUT2D eigenvalue weighted by molar-refractivity contribution is -0.150. The van der Waals surface area contributed by atoms with Crippen LogP contribution in [0.3, 0.4) is 0 Å². The number of halogens is 1. The van der Waals surface area contributed by atoms with Crippen LogP contribution in [0.15, 0.2) is 24.4 Å². The highest BCUT2D eigenvalue weighted by atomic mass is 35.5. The van der Waals surface area contributed by atoms with Crippen molar-refractivity contribution in [1.29, 1.82) is 0 Å². The molecule has 2 aromatic rings. The lowest BCUT2D eigenvalue weighted by Crippen LogP contribution is -2.53. The van der Waals surface area contributed by atoms with E-state index >= 15 is 0 Å². The Morgan fingerprint density at radius 2 is 2.06 bits per heavy atom. The molecule has 2 heterocycles. The van der Waals surface area contributed by atoms with Crippen molar-refractivity contribution in [2.24, 2.45) is 5.73 Å². The summed E-state index contributed by atoms with van der Waals surface area (Å²) >= 11 is 6.38. The van der Waals surface area contributed by atoms with E-state index in [9.17, 15) is 9.59 Å². The summed E-state index contributed by atoms with van der Waals surface area (Å²) in [6.07, 6.45) is 2.75. The van der Waals surface area contributed by atoms with Crippen molar-refractivity contribution in [1.82, 2.24) is 14.4 Å². The van der Waals surface area contributed by atoms with Gasteiger partial charge in [-0.25, -0.2) is 4.79 Å². The standard InChI is InChI=1S/C24H33ClN4O4/c1-24(2,3)33-23(31)28-10-11-32-21(15-28)22(30)29(17-5-6-17)13-16-4-7-18-19(25)14-27(9-8-26)20(18)12-16/h4,7,12,14,17,21H,5-6,8-11,13,15,26H2,1-3H3. The predicted molar refractivity (Wildman–Crippen MR) is 127 cm³/mol. The average molecular weight is 477 g/mol. The van der Waals surface area contributed by atoms with Crippen LogP contribution in [0.1, 0.15) is 39.2 Å². The average Bonchev–Trinajstić information content (AvgIpc) is 3.56. The molecule has 4 rings (SSSR count). The van der Waals surface area contributed by atoms with E-state index in [2.05, 4.69) is 6.07 Å². The fraction of sp³-hybridized carbons (Fsp3) is 0.583. The maximum atomic E-state index is 13.5. The van der Waals surface area contributed by atoms with E-state index in [0.717, 1.165) is 29.3 Å². The molecule has 0 radical (unpaired) electrons. The van der Waals surface area contributed by atoms with Crippen molar-refractivity contribution >= 4 is 34.5 Å². The van der Waals surface area contributed by atoms with Crippen molar-refractivity contribution in [3.63, 3.8) is 0 Å². The smallest absolute Gasteiger partial charge is 0.410 e. The summed E-state index contributed by atoms with van der Waals surface area (Å²) in [6, 6.07) is 6.29. The zero-order chi connectivity index (χ0) is 23.8. The zero-order valence-corrected chi connectivity index (χ0v) is 20.3. The second-order valence-corrected chi connectivity index (χ2v) is 10.2. The molecule has 9 heteroatoms. The largest absolute Gasteiger partial charge is 0.444 e. The summed E-state index contributed by atoms with van der Waals surface area (Å²) in [6.45, 7) is 8.09. The third-order valence-electron chi connectivity index (χ3n) is 5.89. The number of hydrogen-bond donors (Lipinski definition) is 1. The third kappa shape index (κ3) is 5.62. The first kappa shape index (κ1) is 23.9. The maximum Gasteiger partial charge on any atom is 0.410 e. The Labute approximate surface area is 199 Å². The highest BCUT2D eigenvalue weighted by molar-refractivity contribution is 6.35. The van der Waals surface area contributed by atoms with Crippen LogP contribution in [0.25, 0.3) is 10.9 Å². The molecule has 1 aliphatic carbocycles. The Balaban J connectivity index is 1.49. The molecule has 1 atom stereocenters. The van der Waals surface area contributed by atoms with Gasteiger partial charge in [0.1, 0.15) is 5.60 Å². The Bertz CT molecular complexity index is 1030. The number of rotatable bonds is 6. The van der Waals surface area contributed by atoms with E-state index in [0.29, 0.717) is 37.8 Å². The Morgan fingerprint density at radius 3 is 2.73 bits per heavy atom. The van der Waals surface area contributed by atoms with Gasteiger partial charge in [0.2, 0.25) is 0 Å². The third-order valence-corrected chi connectivity index (χ3v) is 6.19. The number of ether oxygens (including phenoxy) is 2. The minimum absolute atomic E-state index is 0.0822. The second kappa shape index (κ2) is 9.52. The molecular formula is C24H33ClN4O4. The molecule has 33 heavy (non-hydrogen) atoms. The Kier molecular flexibility index (Phi) is 6.88. The second-order valence-electron chi connectivity index (χ2n) is 9.79. The number of nitrogens with zero attached hydrogens (tertiary/aromatic N) is 3. The van der Waals surface area contributed by atoms with E-state index in [-0.39, 0.29) is 18.5 Å². The van der Waals surface area contributed by atoms with Crippen LogP contribution in [0.4, 0.5) is 4.79 Å². The van der Waals surface area contributed by atoms with Gasteiger partial charge >= 0.3 is 6.09 Å². The lowest BCUT2D eigenvalue weighted by Gasteiger charge is -2.36. The normalized spacial score (nSPS) is 19.1. The van der Waals surface area contributed by atoms with Crippen LogP contribution in [-0.4, -0.2) is 70.4 Å². The van der Waals surface area contributed by atoms with Crippen LogP contribution in [0.5, 0.6) is 0 Å². The van der Waals surface area contributed by atoms with E-state index < -0.39 is 17.8 Å². The summed E-state index contributed by atoms with van der Waals surface area (Å²) in [7, 11) is 0. The fourth-order valence-corrected chi connectivity index (χ4v) is 4.44. The van der Waals surface area contributed by atoms with Gasteiger partial charge in [-0.2, -0.15) is 0 Å². The molecule has 1 unspecified atom stereocenters. The Morgan fingerprint density at radius 1 is 1.30 bits per heavy atom. The van der Waals surface area contributed by atoms with Crippen molar-refractivity contribution in [2.45, 2.75) is 64.4 Å². The van der Waals surface area contributed by atoms with E-state index in [1.165, 1.54) is 0 Å². The van der Waals surface area contributed by atoms with E-state index in [1.54, 1.807) is 4.90 Å². The van der Waals surface area contributed by atoms with Crippen LogP contribution in [-0.2, 0) is 27.4 Å². The van der Waals surface area contributed by atoms with Gasteiger partial charge in [0.15, 0.2) is 6.10 Å². The summed E-state index contributed by atoms with van der Waals surface area (Å²) in [5.41, 5.74) is 7.20. The molecule has 180 valence electrons. The van der Waals surface area contributed by atoms with Gasteiger partial charge in [-0.05, 0) is 45.2 Å². The number of nitrogens with two attached hydrogens (primary N) is 1. The summed E-state index contributed by atoms with van der Waals surface area (Å²) in [5, 5.41) is 1.67. The topological polar surface area (TPSA) is 90.0 Å². The number of fused-ring (bicyclic) bond motifs is 1. The first-order chi connectivity index (χ1) is 15.7. The minimum Gasteiger partial charge on any atom is -0.444 e. The number of amides is 2. The molecule has 8 nitrogen and oxygen atoms in total. The van der Waals surface area contributed by atoms with E-state index in [4.69, 9.17) is 26.8 Å². The van der Waals surface area contributed by atoms with Crippen molar-refractivity contribution in [2.75, 3.05) is 26.2 Å². The summed E-state index contributed by atoms with van der Waals surface area (Å²) < 4.78 is 13.3. The van der Waals surface area contributed by atoms with Crippen molar-refractivity contribution in [3.8, 4) is 0 Å². The van der Waals surface area contributed by atoms with Crippen LogP contribution < -0.4 is 5.73 Å². The number of carbonyl (C=O) groups is 2. The zero-order valence-electron chi connectivity index (χ0n) is 19.6. The van der Waals surface area contributed by atoms with Crippen LogP contribution in [0.2, 0.25) is 5.02 Å². The summed E-state index contributed by atoms with van der Waals surface area (Å²) in [4.78, 5) is 29.4. The lowest BCUT2D eigenvalue weighted by atomic mass is 10.1. The maximum absolute atomic E-state index is 13.5. The number of benzene rings is 1. The number of aromatic nitrogens is 1. The van der Waals surface area contributed by atoms with Crippen molar-refractivity contribution < 1.29 is 19.1 Å². The molecule has 1 aliphatic heterocycles. The monoisotopic (exact) mass is 476 g/mol. The van der Waals surface area contributed by atoms with Gasteiger partial charge in [-0.15, -0.1) is 0 Å². The van der Waals surface area contributed by atoms with Gasteiger partial charge in [-0.1, -0.05) is 23.7 Å². The highest BCUT2D eigenvalue weighted by Gasteiger charge is 2.39. The quantitative estimate of drug-likeness (QED) is 0.690. The molecule has 0 bridgehead atoms. The molecule has 2 fully saturated rings. The molecule has 2 amide bonds. The highest BCUT2D eigenvalue weighted by Crippen LogP contribution is 2.32. The summed E-state index contributed by atoms with van der Waals surface area (Å²) in [5.74, 6) is -0.0822. The van der Waals surface area contributed by atoms with Gasteiger partial charge in [0.25, 0.3) is 5.91 Å². The number of hydrogen-bond acceptors (Lipinski definition) is 5. The van der Waals surface area contributed by atoms with Gasteiger partial charge in [0, 0.05) is 49.3 Å². The molecule has 2 aliphatic rings. The van der Waals surface area contributed by atoms with Gasteiger partial charge in [-0.3, -0.25) is 4.79 Å². The van der Waals surface area contributed by atoms with Crippen molar-refractivity contribution in [3.05, 3.63) is 35.0 Å². The fourth-order valence-electron chi connectivity index (χ4n) is 4.16. The minimum atomic E-state index is -0.689. The molecule has 1 saturated heterocycles. The molecule has 0 spiro atoms. The Hall–Kier alpha value is -2.29. The van der Waals surface area contributed by atoms with Gasteiger partial charge in [0.05, 0.1) is 18.2 Å². The predicted octanol–water partition coefficient (Wildman–Crippen LogP) is 3.38. The van der Waals surface area contributed by atoms with Crippen LogP contribution >= 0.6 is 11.6 Å². The van der Waals surface area contributed by atoms with Crippen LogP contribution in [0, 0.1) is 0 Å². The molecule has 2 N–H and O–H groups in total. The van der Waals surface area contributed by atoms with Gasteiger partial charge < -0.3 is 29.6 Å². The van der Waals surface area contributed by atoms with E-state index in [1.807, 2.05) is 48.6 Å². The first-order valence-corrected chi connectivity index (χ1v) is 11.9. The number of carbonyl (C=O) groups excluding carboxylic acids is 2. The molecular weight excluding hydrogens is 444 g/mol. The molecule has 1 aromatic heterocycles.